The van der Waals surface area contributed by atoms with Crippen LogP contribution in [-0.4, -0.2) is 67.6 Å². The quantitative estimate of drug-likeness (QED) is 0.850. The Morgan fingerprint density at radius 3 is 2.67 bits per heavy atom. The Hall–Kier alpha value is -1.28. The van der Waals surface area contributed by atoms with E-state index >= 15 is 0 Å². The van der Waals surface area contributed by atoms with Crippen LogP contribution >= 0.6 is 12.4 Å². The number of benzene rings is 1. The number of hydrogen-bond donors (Lipinski definition) is 2. The van der Waals surface area contributed by atoms with Gasteiger partial charge in [0.15, 0.2) is 0 Å². The summed E-state index contributed by atoms with van der Waals surface area (Å²) in [4.78, 5) is 16.5. The van der Waals surface area contributed by atoms with Gasteiger partial charge in [0.2, 0.25) is 5.91 Å². The highest BCUT2D eigenvalue weighted by Gasteiger charge is 2.26. The van der Waals surface area contributed by atoms with Crippen molar-refractivity contribution in [3.8, 4) is 0 Å². The smallest absolute Gasteiger partial charge is 0.238 e. The van der Waals surface area contributed by atoms with Gasteiger partial charge < -0.3 is 10.6 Å². The molecule has 0 saturated carbocycles. The van der Waals surface area contributed by atoms with Crippen LogP contribution in [0.1, 0.15) is 6.42 Å². The second-order valence-electron chi connectivity index (χ2n) is 6.13. The number of anilines is 1. The molecule has 0 radical (unpaired) electrons. The zero-order chi connectivity index (χ0) is 16.2. The fraction of sp³-hybridized carbons (Fsp3) is 0.562. The average Bonchev–Trinajstić information content (AvgIpc) is 3.06. The van der Waals surface area contributed by atoms with Crippen LogP contribution in [0.5, 0.6) is 0 Å². The number of carbonyl (C=O) groups excluding carboxylic acids is 1. The number of piperazine rings is 1. The Morgan fingerprint density at radius 2 is 2.00 bits per heavy atom. The van der Waals surface area contributed by atoms with E-state index in [4.69, 9.17) is 0 Å². The summed E-state index contributed by atoms with van der Waals surface area (Å²) in [5, 5.41) is 5.81. The van der Waals surface area contributed by atoms with E-state index < -0.39 is 11.6 Å². The second-order valence-corrected chi connectivity index (χ2v) is 6.13. The first-order chi connectivity index (χ1) is 11.1. The highest BCUT2D eigenvalue weighted by molar-refractivity contribution is 5.92. The van der Waals surface area contributed by atoms with Crippen molar-refractivity contribution in [3.63, 3.8) is 0 Å². The predicted molar refractivity (Wildman–Crippen MR) is 91.5 cm³/mol. The van der Waals surface area contributed by atoms with Gasteiger partial charge in [-0.15, -0.1) is 12.4 Å². The fourth-order valence-corrected chi connectivity index (χ4v) is 3.22. The van der Waals surface area contributed by atoms with E-state index in [0.717, 1.165) is 57.5 Å². The summed E-state index contributed by atoms with van der Waals surface area (Å²) in [7, 11) is 0. The van der Waals surface area contributed by atoms with E-state index in [-0.39, 0.29) is 30.5 Å². The molecule has 3 rings (SSSR count). The van der Waals surface area contributed by atoms with Crippen molar-refractivity contribution < 1.29 is 13.6 Å². The second kappa shape index (κ2) is 8.71. The van der Waals surface area contributed by atoms with Crippen LogP contribution in [0.2, 0.25) is 0 Å². The van der Waals surface area contributed by atoms with Crippen LogP contribution in [-0.2, 0) is 4.79 Å². The first-order valence-electron chi connectivity index (χ1n) is 8.04. The van der Waals surface area contributed by atoms with Crippen molar-refractivity contribution in [2.24, 2.45) is 0 Å². The zero-order valence-electron chi connectivity index (χ0n) is 13.4. The van der Waals surface area contributed by atoms with Crippen LogP contribution < -0.4 is 10.6 Å². The van der Waals surface area contributed by atoms with Gasteiger partial charge in [-0.3, -0.25) is 14.6 Å². The van der Waals surface area contributed by atoms with Gasteiger partial charge in [0.25, 0.3) is 0 Å². The summed E-state index contributed by atoms with van der Waals surface area (Å²) >= 11 is 0. The highest BCUT2D eigenvalue weighted by Crippen LogP contribution is 2.16. The van der Waals surface area contributed by atoms with Gasteiger partial charge >= 0.3 is 0 Å². The molecule has 24 heavy (non-hydrogen) atoms. The van der Waals surface area contributed by atoms with Gasteiger partial charge in [-0.2, -0.15) is 0 Å². The van der Waals surface area contributed by atoms with Gasteiger partial charge in [-0.1, -0.05) is 0 Å². The third-order valence-electron chi connectivity index (χ3n) is 4.53. The monoisotopic (exact) mass is 360 g/mol. The lowest BCUT2D eigenvalue weighted by Gasteiger charge is -2.37. The van der Waals surface area contributed by atoms with Crippen molar-refractivity contribution in [3.05, 3.63) is 29.8 Å². The summed E-state index contributed by atoms with van der Waals surface area (Å²) in [6.45, 7) is 5.82. The lowest BCUT2D eigenvalue weighted by atomic mass is 10.2. The van der Waals surface area contributed by atoms with Gasteiger partial charge in [0.05, 0.1) is 12.2 Å². The molecule has 8 heteroatoms. The molecule has 1 aromatic carbocycles. The molecule has 1 amide bonds. The lowest BCUT2D eigenvalue weighted by Crippen LogP contribution is -2.52. The fourth-order valence-electron chi connectivity index (χ4n) is 3.22. The summed E-state index contributed by atoms with van der Waals surface area (Å²) in [5.41, 5.74) is -0.106. The summed E-state index contributed by atoms with van der Waals surface area (Å²) in [5.74, 6) is -1.51. The molecule has 0 aromatic heterocycles. The van der Waals surface area contributed by atoms with E-state index in [1.807, 2.05) is 4.90 Å². The molecule has 5 nitrogen and oxygen atoms in total. The Kier molecular flexibility index (Phi) is 6.91. The van der Waals surface area contributed by atoms with Crippen LogP contribution in [0.15, 0.2) is 18.2 Å². The molecule has 0 bridgehead atoms. The molecular weight excluding hydrogens is 338 g/mol. The molecule has 0 aliphatic carbocycles. The van der Waals surface area contributed by atoms with Gasteiger partial charge in [-0.05, 0) is 25.1 Å². The minimum atomic E-state index is -0.627. The number of halogens is 3. The number of nitrogens with zero attached hydrogens (tertiary/aromatic N) is 2. The molecule has 0 spiro atoms. The molecule has 2 aliphatic rings. The number of nitrogens with one attached hydrogen (secondary N) is 2. The summed E-state index contributed by atoms with van der Waals surface area (Å²) in [6, 6.07) is 3.65. The van der Waals surface area contributed by atoms with E-state index in [1.165, 1.54) is 6.42 Å². The van der Waals surface area contributed by atoms with Crippen LogP contribution in [0.3, 0.4) is 0 Å². The van der Waals surface area contributed by atoms with Crippen molar-refractivity contribution in [1.82, 2.24) is 15.1 Å². The summed E-state index contributed by atoms with van der Waals surface area (Å²) in [6.07, 6.45) is 1.18. The topological polar surface area (TPSA) is 47.6 Å². The third kappa shape index (κ3) is 4.86. The van der Waals surface area contributed by atoms with Crippen LogP contribution in [0.4, 0.5) is 14.5 Å². The molecule has 1 unspecified atom stereocenters. The molecule has 2 heterocycles. The SMILES string of the molecule is Cl.O=C(CN1CCN(C2CCNC2)CC1)Nc1cc(F)ccc1F. The molecule has 2 aliphatic heterocycles. The van der Waals surface area contributed by atoms with E-state index in [1.54, 1.807) is 0 Å². The standard InChI is InChI=1S/C16H22F2N4O.ClH/c17-12-1-2-14(18)15(9-12)20-16(23)11-21-5-7-22(8-6-21)13-3-4-19-10-13;/h1-2,9,13,19H,3-8,10-11H2,(H,20,23);1H. The van der Waals surface area contributed by atoms with E-state index in [0.29, 0.717) is 6.04 Å². The van der Waals surface area contributed by atoms with Crippen molar-refractivity contribution in [2.75, 3.05) is 51.1 Å². The Balaban J connectivity index is 0.00000208. The average molecular weight is 361 g/mol. The Morgan fingerprint density at radius 1 is 1.25 bits per heavy atom. The predicted octanol–water partition coefficient (Wildman–Crippen LogP) is 1.30. The highest BCUT2D eigenvalue weighted by atomic mass is 35.5. The first kappa shape index (κ1) is 19.1. The Labute approximate surface area is 146 Å². The van der Waals surface area contributed by atoms with Gasteiger partial charge in [0, 0.05) is 44.8 Å². The number of rotatable bonds is 4. The largest absolute Gasteiger partial charge is 0.322 e. The summed E-state index contributed by atoms with van der Waals surface area (Å²) < 4.78 is 26.6. The van der Waals surface area contributed by atoms with Crippen LogP contribution in [0, 0.1) is 11.6 Å². The Bertz CT molecular complexity index is 561. The first-order valence-corrected chi connectivity index (χ1v) is 8.04. The maximum Gasteiger partial charge on any atom is 0.238 e. The van der Waals surface area contributed by atoms with Crippen molar-refractivity contribution >= 4 is 24.0 Å². The molecule has 134 valence electrons. The number of amides is 1. The van der Waals surface area contributed by atoms with Gasteiger partial charge in [-0.25, -0.2) is 8.78 Å². The minimum absolute atomic E-state index is 0. The molecule has 2 saturated heterocycles. The van der Waals surface area contributed by atoms with E-state index in [2.05, 4.69) is 15.5 Å². The molecule has 1 atom stereocenters. The minimum Gasteiger partial charge on any atom is -0.322 e. The third-order valence-corrected chi connectivity index (χ3v) is 4.53. The molecule has 2 N–H and O–H groups in total. The normalized spacial score (nSPS) is 22.2. The van der Waals surface area contributed by atoms with Crippen LogP contribution in [0.25, 0.3) is 0 Å². The zero-order valence-corrected chi connectivity index (χ0v) is 14.2. The maximum absolute atomic E-state index is 13.5. The maximum atomic E-state index is 13.5. The van der Waals surface area contributed by atoms with Crippen molar-refractivity contribution in [1.29, 1.82) is 0 Å². The van der Waals surface area contributed by atoms with Crippen molar-refractivity contribution in [2.45, 2.75) is 12.5 Å². The molecular formula is C16H23ClF2N4O. The van der Waals surface area contributed by atoms with Gasteiger partial charge in [0.1, 0.15) is 11.6 Å². The number of hydrogen-bond acceptors (Lipinski definition) is 4. The molecule has 1 aromatic rings. The molecule has 2 fully saturated rings. The number of carbonyl (C=O) groups is 1. The van der Waals surface area contributed by atoms with E-state index in [9.17, 15) is 13.6 Å². The lowest BCUT2D eigenvalue weighted by molar-refractivity contribution is -0.117.